The van der Waals surface area contributed by atoms with Gasteiger partial charge in [0.2, 0.25) is 11.8 Å². The van der Waals surface area contributed by atoms with Crippen molar-refractivity contribution in [1.82, 2.24) is 10.2 Å². The molecular weight excluding hydrogens is 332 g/mol. The lowest BCUT2D eigenvalue weighted by molar-refractivity contribution is -0.149. The van der Waals surface area contributed by atoms with Gasteiger partial charge in [0.05, 0.1) is 0 Å². The van der Waals surface area contributed by atoms with E-state index in [0.29, 0.717) is 6.42 Å². The van der Waals surface area contributed by atoms with Crippen LogP contribution in [0.3, 0.4) is 0 Å². The van der Waals surface area contributed by atoms with Gasteiger partial charge in [-0.15, -0.1) is 0 Å². The number of nitrogens with one attached hydrogen (secondary N) is 1. The second-order valence-corrected chi connectivity index (χ2v) is 6.27. The zero-order valence-electron chi connectivity index (χ0n) is 15.1. The summed E-state index contributed by atoms with van der Waals surface area (Å²) >= 11 is 0. The number of benzene rings is 2. The van der Waals surface area contributed by atoms with Crippen LogP contribution in [-0.2, 0) is 20.8 Å². The van der Waals surface area contributed by atoms with Gasteiger partial charge in [-0.05, 0) is 29.7 Å². The molecule has 0 saturated carbocycles. The third-order valence-electron chi connectivity index (χ3n) is 4.31. The SMILES string of the molecule is CC(=O)NCCN(C(=O)CCc1ccc2ccccc2c1)C(C)C(=O)O. The minimum Gasteiger partial charge on any atom is -0.480 e. The predicted octanol–water partition coefficient (Wildman–Crippen LogP) is 2.21. The summed E-state index contributed by atoms with van der Waals surface area (Å²) in [5.74, 6) is -1.51. The first-order valence-corrected chi connectivity index (χ1v) is 8.63. The maximum absolute atomic E-state index is 12.6. The molecule has 26 heavy (non-hydrogen) atoms. The Morgan fingerprint density at radius 1 is 1.12 bits per heavy atom. The van der Waals surface area contributed by atoms with Crippen LogP contribution in [0, 0.1) is 0 Å². The zero-order chi connectivity index (χ0) is 19.1. The third kappa shape index (κ3) is 5.31. The van der Waals surface area contributed by atoms with Crippen molar-refractivity contribution in [2.24, 2.45) is 0 Å². The number of nitrogens with zero attached hydrogens (tertiary/aromatic N) is 1. The van der Waals surface area contributed by atoms with E-state index in [9.17, 15) is 19.5 Å². The highest BCUT2D eigenvalue weighted by Crippen LogP contribution is 2.17. The molecule has 0 fully saturated rings. The second kappa shape index (κ2) is 8.99. The van der Waals surface area contributed by atoms with Gasteiger partial charge in [-0.1, -0.05) is 42.5 Å². The molecule has 0 aromatic heterocycles. The van der Waals surface area contributed by atoms with E-state index >= 15 is 0 Å². The fourth-order valence-electron chi connectivity index (χ4n) is 2.81. The quantitative estimate of drug-likeness (QED) is 0.759. The van der Waals surface area contributed by atoms with Crippen molar-refractivity contribution in [3.05, 3.63) is 48.0 Å². The van der Waals surface area contributed by atoms with Crippen molar-refractivity contribution in [2.75, 3.05) is 13.1 Å². The monoisotopic (exact) mass is 356 g/mol. The highest BCUT2D eigenvalue weighted by atomic mass is 16.4. The lowest BCUT2D eigenvalue weighted by Crippen LogP contribution is -2.46. The van der Waals surface area contributed by atoms with E-state index < -0.39 is 12.0 Å². The number of amides is 2. The van der Waals surface area contributed by atoms with Crippen LogP contribution in [-0.4, -0.2) is 46.9 Å². The number of aliphatic carboxylic acids is 1. The molecule has 6 nitrogen and oxygen atoms in total. The van der Waals surface area contributed by atoms with Crippen molar-refractivity contribution in [2.45, 2.75) is 32.7 Å². The Morgan fingerprint density at radius 2 is 1.81 bits per heavy atom. The maximum atomic E-state index is 12.6. The lowest BCUT2D eigenvalue weighted by atomic mass is 10.0. The summed E-state index contributed by atoms with van der Waals surface area (Å²) in [5, 5.41) is 14.1. The van der Waals surface area contributed by atoms with Gasteiger partial charge in [-0.25, -0.2) is 4.79 Å². The molecule has 138 valence electrons. The molecule has 2 amide bonds. The Morgan fingerprint density at radius 3 is 2.46 bits per heavy atom. The average molecular weight is 356 g/mol. The van der Waals surface area contributed by atoms with Gasteiger partial charge >= 0.3 is 5.97 Å². The number of hydrogen-bond donors (Lipinski definition) is 2. The molecule has 0 aliphatic heterocycles. The van der Waals surface area contributed by atoms with E-state index in [1.54, 1.807) is 0 Å². The average Bonchev–Trinajstić information content (AvgIpc) is 2.62. The van der Waals surface area contributed by atoms with E-state index in [2.05, 4.69) is 5.32 Å². The van der Waals surface area contributed by atoms with Gasteiger partial charge in [0, 0.05) is 26.4 Å². The first kappa shape index (κ1) is 19.4. The van der Waals surface area contributed by atoms with Crippen molar-refractivity contribution in [1.29, 1.82) is 0 Å². The normalized spacial score (nSPS) is 11.8. The highest BCUT2D eigenvalue weighted by Gasteiger charge is 2.24. The van der Waals surface area contributed by atoms with E-state index in [-0.39, 0.29) is 31.3 Å². The number of fused-ring (bicyclic) bond motifs is 1. The van der Waals surface area contributed by atoms with Crippen LogP contribution in [0.2, 0.25) is 0 Å². The largest absolute Gasteiger partial charge is 0.480 e. The van der Waals surface area contributed by atoms with Gasteiger partial charge in [-0.2, -0.15) is 0 Å². The second-order valence-electron chi connectivity index (χ2n) is 6.27. The summed E-state index contributed by atoms with van der Waals surface area (Å²) in [7, 11) is 0. The molecule has 1 atom stereocenters. The zero-order valence-corrected chi connectivity index (χ0v) is 15.1. The fraction of sp³-hybridized carbons (Fsp3) is 0.350. The van der Waals surface area contributed by atoms with E-state index in [1.165, 1.54) is 18.7 Å². The number of hydrogen-bond acceptors (Lipinski definition) is 3. The van der Waals surface area contributed by atoms with Gasteiger partial charge in [0.15, 0.2) is 0 Å². The van der Waals surface area contributed by atoms with Gasteiger partial charge in [-0.3, -0.25) is 9.59 Å². The summed E-state index contributed by atoms with van der Waals surface area (Å²) < 4.78 is 0. The first-order valence-electron chi connectivity index (χ1n) is 8.63. The number of carboxylic acid groups (broad SMARTS) is 1. The van der Waals surface area contributed by atoms with Crippen LogP contribution < -0.4 is 5.32 Å². The smallest absolute Gasteiger partial charge is 0.326 e. The Hall–Kier alpha value is -2.89. The van der Waals surface area contributed by atoms with Crippen LogP contribution in [0.15, 0.2) is 42.5 Å². The molecule has 0 spiro atoms. The first-order chi connectivity index (χ1) is 12.4. The number of carboxylic acids is 1. The van der Waals surface area contributed by atoms with Crippen molar-refractivity contribution in [3.8, 4) is 0 Å². The van der Waals surface area contributed by atoms with Gasteiger partial charge in [0.25, 0.3) is 0 Å². The summed E-state index contributed by atoms with van der Waals surface area (Å²) in [6.45, 7) is 3.26. The van der Waals surface area contributed by atoms with Gasteiger partial charge in [0.1, 0.15) is 6.04 Å². The summed E-state index contributed by atoms with van der Waals surface area (Å²) in [5.41, 5.74) is 1.03. The predicted molar refractivity (Wildman–Crippen MR) is 99.8 cm³/mol. The van der Waals surface area contributed by atoms with Crippen LogP contribution in [0.25, 0.3) is 10.8 Å². The molecular formula is C20H24N2O4. The molecule has 0 heterocycles. The Balaban J connectivity index is 2.02. The van der Waals surface area contributed by atoms with Crippen LogP contribution >= 0.6 is 0 Å². The number of carbonyl (C=O) groups excluding carboxylic acids is 2. The molecule has 0 bridgehead atoms. The molecule has 6 heteroatoms. The van der Waals surface area contributed by atoms with Crippen LogP contribution in [0.4, 0.5) is 0 Å². The topological polar surface area (TPSA) is 86.7 Å². The third-order valence-corrected chi connectivity index (χ3v) is 4.31. The number of rotatable bonds is 8. The fourth-order valence-corrected chi connectivity index (χ4v) is 2.81. The van der Waals surface area contributed by atoms with E-state index in [1.807, 2.05) is 42.5 Å². The molecule has 0 aliphatic rings. The summed E-state index contributed by atoms with van der Waals surface area (Å²) in [6, 6.07) is 13.1. The van der Waals surface area contributed by atoms with Crippen molar-refractivity contribution in [3.63, 3.8) is 0 Å². The van der Waals surface area contributed by atoms with Gasteiger partial charge < -0.3 is 15.3 Å². The minimum absolute atomic E-state index is 0.170. The summed E-state index contributed by atoms with van der Waals surface area (Å²) in [6.07, 6.45) is 0.753. The van der Waals surface area contributed by atoms with Crippen LogP contribution in [0.5, 0.6) is 0 Å². The maximum Gasteiger partial charge on any atom is 0.326 e. The Kier molecular flexibility index (Phi) is 6.72. The molecule has 2 N–H and O–H groups in total. The molecule has 2 rings (SSSR count). The molecule has 2 aromatic carbocycles. The molecule has 0 aliphatic carbocycles. The van der Waals surface area contributed by atoms with Crippen molar-refractivity contribution < 1.29 is 19.5 Å². The lowest BCUT2D eigenvalue weighted by Gasteiger charge is -2.26. The number of aryl methyl sites for hydroxylation is 1. The van der Waals surface area contributed by atoms with E-state index in [4.69, 9.17) is 0 Å². The van der Waals surface area contributed by atoms with E-state index in [0.717, 1.165) is 16.3 Å². The number of carbonyl (C=O) groups is 3. The van der Waals surface area contributed by atoms with Crippen LogP contribution in [0.1, 0.15) is 25.8 Å². The highest BCUT2D eigenvalue weighted by molar-refractivity contribution is 5.85. The molecule has 0 saturated heterocycles. The molecule has 2 aromatic rings. The van der Waals surface area contributed by atoms with Crippen molar-refractivity contribution >= 4 is 28.6 Å². The minimum atomic E-state index is -1.06. The molecule has 1 unspecified atom stereocenters. The Labute approximate surface area is 152 Å². The standard InChI is InChI=1S/C20H24N2O4/c1-14(20(25)26)22(12-11-21-15(2)23)19(24)10-8-16-7-9-17-5-3-4-6-18(17)13-16/h3-7,9,13-14H,8,10-12H2,1-2H3,(H,21,23)(H,25,26). The molecule has 0 radical (unpaired) electrons. The Bertz CT molecular complexity index is 803. The summed E-state index contributed by atoms with van der Waals surface area (Å²) in [4.78, 5) is 36.1.